The molecule has 0 unspecified atom stereocenters. The Bertz CT molecular complexity index is 607. The van der Waals surface area contributed by atoms with Crippen molar-refractivity contribution in [2.24, 2.45) is 0 Å². The number of ether oxygens (including phenoxy) is 3. The van der Waals surface area contributed by atoms with Gasteiger partial charge in [0.1, 0.15) is 5.75 Å². The van der Waals surface area contributed by atoms with Crippen molar-refractivity contribution in [3.63, 3.8) is 0 Å². The minimum atomic E-state index is -0.749. The van der Waals surface area contributed by atoms with E-state index in [4.69, 9.17) is 14.2 Å². The molecule has 2 heterocycles. The molecule has 6 heteroatoms. The minimum absolute atomic E-state index is 0.101. The first-order valence-corrected chi connectivity index (χ1v) is 7.18. The number of aromatic nitrogens is 1. The molecule has 1 N–H and O–H groups in total. The first-order valence-electron chi connectivity index (χ1n) is 7.18. The molecule has 6 nitrogen and oxygen atoms in total. The normalized spacial score (nSPS) is 17.1. The van der Waals surface area contributed by atoms with E-state index in [1.54, 1.807) is 19.9 Å². The zero-order chi connectivity index (χ0) is 16.3. The lowest BCUT2D eigenvalue weighted by atomic mass is 10.0. The molecule has 0 spiro atoms. The van der Waals surface area contributed by atoms with Crippen LogP contribution in [0.4, 0.5) is 0 Å². The van der Waals surface area contributed by atoms with E-state index >= 15 is 0 Å². The molecule has 0 amide bonds. The molecule has 1 aromatic rings. The highest BCUT2D eigenvalue weighted by Crippen LogP contribution is 2.33. The fraction of sp³-hybridized carbons (Fsp3) is 0.500. The Morgan fingerprint density at radius 2 is 2.00 bits per heavy atom. The maximum absolute atomic E-state index is 11.5. The summed E-state index contributed by atoms with van der Waals surface area (Å²) in [7, 11) is 0. The van der Waals surface area contributed by atoms with Crippen LogP contribution in [0.3, 0.4) is 0 Å². The number of carbonyl (C=O) groups is 1. The van der Waals surface area contributed by atoms with E-state index in [-0.39, 0.29) is 19.0 Å². The number of aryl methyl sites for hydroxylation is 1. The van der Waals surface area contributed by atoms with Crippen molar-refractivity contribution < 1.29 is 24.1 Å². The minimum Gasteiger partial charge on any atom is -0.506 e. The Balaban J connectivity index is 2.40. The molecule has 0 saturated carbocycles. The summed E-state index contributed by atoms with van der Waals surface area (Å²) in [5.41, 5.74) is 2.40. The largest absolute Gasteiger partial charge is 0.506 e. The summed E-state index contributed by atoms with van der Waals surface area (Å²) >= 11 is 0. The first-order chi connectivity index (χ1) is 10.3. The fourth-order valence-electron chi connectivity index (χ4n) is 2.14. The summed E-state index contributed by atoms with van der Waals surface area (Å²) in [6.07, 6.45) is 2.89. The molecule has 0 atom stereocenters. The van der Waals surface area contributed by atoms with Crippen LogP contribution in [0.1, 0.15) is 43.3 Å². The third-order valence-electron chi connectivity index (χ3n) is 3.38. The van der Waals surface area contributed by atoms with Gasteiger partial charge in [0.15, 0.2) is 5.79 Å². The quantitative estimate of drug-likeness (QED) is 0.682. The molecule has 1 aliphatic rings. The van der Waals surface area contributed by atoms with Crippen molar-refractivity contribution in [1.82, 2.24) is 4.98 Å². The van der Waals surface area contributed by atoms with Crippen LogP contribution in [0.15, 0.2) is 6.08 Å². The molecule has 0 aromatic carbocycles. The Labute approximate surface area is 129 Å². The molecule has 0 bridgehead atoms. The Hall–Kier alpha value is -1.92. The van der Waals surface area contributed by atoms with Crippen LogP contribution in [0.5, 0.6) is 5.75 Å². The van der Waals surface area contributed by atoms with Gasteiger partial charge in [-0.25, -0.2) is 9.78 Å². The second-order valence-corrected chi connectivity index (χ2v) is 5.45. The third kappa shape index (κ3) is 3.64. The third-order valence-corrected chi connectivity index (χ3v) is 3.38. The molecular formula is C16H21NO5. The molecule has 2 rings (SSSR count). The van der Waals surface area contributed by atoms with Crippen LogP contribution < -0.4 is 0 Å². The van der Waals surface area contributed by atoms with Crippen molar-refractivity contribution in [2.45, 2.75) is 46.7 Å². The second kappa shape index (κ2) is 6.46. The number of nitrogens with zero attached hydrogens (tertiary/aromatic N) is 1. The van der Waals surface area contributed by atoms with E-state index < -0.39 is 11.8 Å². The van der Waals surface area contributed by atoms with Gasteiger partial charge in [-0.2, -0.15) is 0 Å². The van der Waals surface area contributed by atoms with Crippen LogP contribution in [0.2, 0.25) is 0 Å². The number of pyridine rings is 1. The van der Waals surface area contributed by atoms with E-state index in [0.29, 0.717) is 29.1 Å². The van der Waals surface area contributed by atoms with E-state index in [2.05, 4.69) is 4.98 Å². The Morgan fingerprint density at radius 1 is 1.36 bits per heavy atom. The number of esters is 1. The van der Waals surface area contributed by atoms with Gasteiger partial charge >= 0.3 is 5.97 Å². The van der Waals surface area contributed by atoms with Crippen molar-refractivity contribution in [3.8, 4) is 5.75 Å². The Kier molecular flexibility index (Phi) is 4.83. The standard InChI is InChI=1S/C16H21NO5/c1-5-20-14(18)7-6-13-11-8-21-16(3,4)22-9-12(11)15(19)10(2)17-13/h6-7,19H,5,8-9H2,1-4H3/b7-6+. The molecule has 0 radical (unpaired) electrons. The number of carbonyl (C=O) groups excluding carboxylic acids is 1. The predicted octanol–water partition coefficient (Wildman–Crippen LogP) is 2.45. The van der Waals surface area contributed by atoms with Crippen molar-refractivity contribution in [2.75, 3.05) is 6.61 Å². The predicted molar refractivity (Wildman–Crippen MR) is 80.0 cm³/mol. The van der Waals surface area contributed by atoms with Crippen LogP contribution in [-0.2, 0) is 32.2 Å². The van der Waals surface area contributed by atoms with Gasteiger partial charge in [-0.3, -0.25) is 0 Å². The maximum atomic E-state index is 11.5. The van der Waals surface area contributed by atoms with Gasteiger partial charge in [0, 0.05) is 17.2 Å². The maximum Gasteiger partial charge on any atom is 0.330 e. The van der Waals surface area contributed by atoms with Crippen LogP contribution in [0, 0.1) is 6.92 Å². The molecule has 120 valence electrons. The molecular weight excluding hydrogens is 286 g/mol. The van der Waals surface area contributed by atoms with Gasteiger partial charge in [0.05, 0.1) is 31.2 Å². The smallest absolute Gasteiger partial charge is 0.330 e. The fourth-order valence-corrected chi connectivity index (χ4v) is 2.14. The summed E-state index contributed by atoms with van der Waals surface area (Å²) in [6.45, 7) is 7.84. The van der Waals surface area contributed by atoms with E-state index in [1.165, 1.54) is 6.08 Å². The summed E-state index contributed by atoms with van der Waals surface area (Å²) in [5.74, 6) is -1.08. The number of hydrogen-bond acceptors (Lipinski definition) is 6. The topological polar surface area (TPSA) is 77.9 Å². The van der Waals surface area contributed by atoms with E-state index in [0.717, 1.165) is 0 Å². The SMILES string of the molecule is CCOC(=O)/C=C/c1nc(C)c(O)c2c1COC(C)(C)OC2. The average molecular weight is 307 g/mol. The van der Waals surface area contributed by atoms with Gasteiger partial charge in [-0.05, 0) is 33.8 Å². The molecule has 1 aromatic heterocycles. The van der Waals surface area contributed by atoms with Crippen molar-refractivity contribution in [3.05, 3.63) is 28.6 Å². The zero-order valence-electron chi connectivity index (χ0n) is 13.3. The molecule has 0 aliphatic carbocycles. The van der Waals surface area contributed by atoms with Gasteiger partial charge in [0.2, 0.25) is 0 Å². The van der Waals surface area contributed by atoms with Gasteiger partial charge in [0.25, 0.3) is 0 Å². The van der Waals surface area contributed by atoms with Gasteiger partial charge < -0.3 is 19.3 Å². The van der Waals surface area contributed by atoms with Crippen molar-refractivity contribution >= 4 is 12.0 Å². The van der Waals surface area contributed by atoms with Gasteiger partial charge in [-0.15, -0.1) is 0 Å². The average Bonchev–Trinajstić information content (AvgIpc) is 2.61. The number of rotatable bonds is 3. The molecule has 1 aliphatic heterocycles. The number of hydrogen-bond donors (Lipinski definition) is 1. The van der Waals surface area contributed by atoms with Crippen LogP contribution in [0.25, 0.3) is 6.08 Å². The second-order valence-electron chi connectivity index (χ2n) is 5.45. The van der Waals surface area contributed by atoms with Crippen LogP contribution >= 0.6 is 0 Å². The lowest BCUT2D eigenvalue weighted by molar-refractivity contribution is -0.219. The van der Waals surface area contributed by atoms with E-state index in [9.17, 15) is 9.90 Å². The molecule has 22 heavy (non-hydrogen) atoms. The number of aromatic hydroxyl groups is 1. The summed E-state index contributed by atoms with van der Waals surface area (Å²) in [6, 6.07) is 0. The lowest BCUT2D eigenvalue weighted by Crippen LogP contribution is -2.25. The summed E-state index contributed by atoms with van der Waals surface area (Å²) < 4.78 is 16.2. The highest BCUT2D eigenvalue weighted by Gasteiger charge is 2.27. The highest BCUT2D eigenvalue weighted by atomic mass is 16.7. The lowest BCUT2D eigenvalue weighted by Gasteiger charge is -2.22. The number of fused-ring (bicyclic) bond motifs is 1. The Morgan fingerprint density at radius 3 is 2.64 bits per heavy atom. The molecule has 0 saturated heterocycles. The summed E-state index contributed by atoms with van der Waals surface area (Å²) in [5, 5.41) is 10.2. The highest BCUT2D eigenvalue weighted by molar-refractivity contribution is 5.87. The van der Waals surface area contributed by atoms with Crippen LogP contribution in [-0.4, -0.2) is 28.5 Å². The first kappa shape index (κ1) is 16.5. The molecule has 0 fully saturated rings. The zero-order valence-corrected chi connectivity index (χ0v) is 13.3. The van der Waals surface area contributed by atoms with Gasteiger partial charge in [-0.1, -0.05) is 0 Å². The van der Waals surface area contributed by atoms with E-state index in [1.807, 2.05) is 13.8 Å². The van der Waals surface area contributed by atoms with Crippen molar-refractivity contribution in [1.29, 1.82) is 0 Å². The monoisotopic (exact) mass is 307 g/mol. The summed E-state index contributed by atoms with van der Waals surface area (Å²) in [4.78, 5) is 15.8.